The van der Waals surface area contributed by atoms with Gasteiger partial charge in [0.2, 0.25) is 5.91 Å². The van der Waals surface area contributed by atoms with E-state index < -0.39 is 0 Å². The van der Waals surface area contributed by atoms with Crippen LogP contribution in [0.15, 0.2) is 72.8 Å². The molecule has 1 aromatic heterocycles. The standard InChI is InChI=1S/C27H24N2O3/c1-16(31)21-11-20(28-27(32)24-13-22(24)18-7-3-2-4-8-18)12-26-23(21)14-25(29-26)19-9-5-6-17(10-19)15-30/h2-12,14,22,24,29-30H,13,15H2,1H3,(H,28,32)/t22-,24?/m0/s1. The highest BCUT2D eigenvalue weighted by Crippen LogP contribution is 2.48. The molecule has 0 radical (unpaired) electrons. The molecule has 5 nitrogen and oxygen atoms in total. The van der Waals surface area contributed by atoms with Crippen LogP contribution >= 0.6 is 0 Å². The number of H-pyrrole nitrogens is 1. The van der Waals surface area contributed by atoms with Crippen molar-refractivity contribution in [3.05, 3.63) is 89.5 Å². The summed E-state index contributed by atoms with van der Waals surface area (Å²) in [4.78, 5) is 28.6. The van der Waals surface area contributed by atoms with E-state index in [9.17, 15) is 14.7 Å². The van der Waals surface area contributed by atoms with Gasteiger partial charge in [-0.05, 0) is 60.2 Å². The number of carbonyl (C=O) groups excluding carboxylic acids is 2. The maximum Gasteiger partial charge on any atom is 0.228 e. The van der Waals surface area contributed by atoms with Crippen molar-refractivity contribution in [2.24, 2.45) is 5.92 Å². The van der Waals surface area contributed by atoms with Crippen molar-refractivity contribution in [2.75, 3.05) is 5.32 Å². The van der Waals surface area contributed by atoms with Gasteiger partial charge in [0.1, 0.15) is 0 Å². The second kappa shape index (κ2) is 8.09. The third-order valence-corrected chi connectivity index (χ3v) is 6.16. The van der Waals surface area contributed by atoms with Gasteiger partial charge in [0, 0.05) is 33.8 Å². The largest absolute Gasteiger partial charge is 0.392 e. The molecule has 0 saturated heterocycles. The Morgan fingerprint density at radius 2 is 1.84 bits per heavy atom. The molecule has 1 saturated carbocycles. The summed E-state index contributed by atoms with van der Waals surface area (Å²) in [6, 6.07) is 23.3. The van der Waals surface area contributed by atoms with Crippen LogP contribution in [0.5, 0.6) is 0 Å². The Kier molecular flexibility index (Phi) is 5.11. The van der Waals surface area contributed by atoms with Gasteiger partial charge < -0.3 is 15.4 Å². The van der Waals surface area contributed by atoms with Gasteiger partial charge >= 0.3 is 0 Å². The minimum atomic E-state index is -0.0608. The van der Waals surface area contributed by atoms with E-state index in [2.05, 4.69) is 22.4 Å². The first-order chi connectivity index (χ1) is 15.5. The fourth-order valence-electron chi connectivity index (χ4n) is 4.38. The van der Waals surface area contributed by atoms with Crippen molar-refractivity contribution in [3.63, 3.8) is 0 Å². The Morgan fingerprint density at radius 1 is 1.03 bits per heavy atom. The number of carbonyl (C=O) groups is 2. The average Bonchev–Trinajstić information content (AvgIpc) is 3.51. The third-order valence-electron chi connectivity index (χ3n) is 6.16. The van der Waals surface area contributed by atoms with E-state index in [0.717, 1.165) is 34.1 Å². The molecule has 3 aromatic carbocycles. The second-order valence-electron chi connectivity index (χ2n) is 8.43. The van der Waals surface area contributed by atoms with Gasteiger partial charge in [0.25, 0.3) is 0 Å². The quantitative estimate of drug-likeness (QED) is 0.369. The normalized spacial score (nSPS) is 17.3. The van der Waals surface area contributed by atoms with Crippen LogP contribution in [0, 0.1) is 5.92 Å². The van der Waals surface area contributed by atoms with Gasteiger partial charge in [-0.25, -0.2) is 0 Å². The van der Waals surface area contributed by atoms with Crippen LogP contribution in [0.3, 0.4) is 0 Å². The summed E-state index contributed by atoms with van der Waals surface area (Å²) < 4.78 is 0. The number of fused-ring (bicyclic) bond motifs is 1. The molecule has 32 heavy (non-hydrogen) atoms. The number of aromatic amines is 1. The molecule has 1 unspecified atom stereocenters. The number of anilines is 1. The van der Waals surface area contributed by atoms with Crippen LogP contribution in [0.25, 0.3) is 22.2 Å². The lowest BCUT2D eigenvalue weighted by molar-refractivity contribution is -0.117. The van der Waals surface area contributed by atoms with Crippen molar-refractivity contribution in [2.45, 2.75) is 25.9 Å². The maximum atomic E-state index is 12.8. The summed E-state index contributed by atoms with van der Waals surface area (Å²) in [5.41, 5.74) is 5.75. The first-order valence-corrected chi connectivity index (χ1v) is 10.8. The van der Waals surface area contributed by atoms with E-state index in [-0.39, 0.29) is 30.1 Å². The number of amides is 1. The Balaban J connectivity index is 1.44. The molecule has 1 amide bonds. The smallest absolute Gasteiger partial charge is 0.228 e. The summed E-state index contributed by atoms with van der Waals surface area (Å²) in [6.45, 7) is 1.50. The number of hydrogen-bond donors (Lipinski definition) is 3. The van der Waals surface area contributed by atoms with E-state index in [0.29, 0.717) is 11.3 Å². The SMILES string of the molecule is CC(=O)c1cc(NC(=O)C2C[C@H]2c2ccccc2)cc2[nH]c(-c3cccc(CO)c3)cc12. The van der Waals surface area contributed by atoms with Crippen molar-refractivity contribution in [1.29, 1.82) is 0 Å². The lowest BCUT2D eigenvalue weighted by atomic mass is 10.0. The number of aromatic nitrogens is 1. The summed E-state index contributed by atoms with van der Waals surface area (Å²) in [5.74, 6) is 0.127. The zero-order chi connectivity index (χ0) is 22.2. The van der Waals surface area contributed by atoms with Crippen LogP contribution in [0.4, 0.5) is 5.69 Å². The Bertz CT molecular complexity index is 1320. The molecule has 4 aromatic rings. The van der Waals surface area contributed by atoms with E-state index in [1.807, 2.05) is 54.6 Å². The van der Waals surface area contributed by atoms with Crippen LogP contribution < -0.4 is 5.32 Å². The summed E-state index contributed by atoms with van der Waals surface area (Å²) >= 11 is 0. The number of Topliss-reactive ketones (excluding diaryl/α,β-unsaturated/α-hetero) is 1. The number of ketones is 1. The maximum absolute atomic E-state index is 12.8. The highest BCUT2D eigenvalue weighted by atomic mass is 16.3. The molecule has 0 bridgehead atoms. The number of aliphatic hydroxyl groups is 1. The average molecular weight is 425 g/mol. The molecule has 5 rings (SSSR count). The zero-order valence-electron chi connectivity index (χ0n) is 17.8. The lowest BCUT2D eigenvalue weighted by Gasteiger charge is -2.08. The molecule has 1 aliphatic carbocycles. The Labute approximate surface area is 186 Å². The van der Waals surface area contributed by atoms with Crippen molar-refractivity contribution in [3.8, 4) is 11.3 Å². The first kappa shape index (κ1) is 20.2. The fourth-order valence-corrected chi connectivity index (χ4v) is 4.38. The molecule has 1 aliphatic rings. The van der Waals surface area contributed by atoms with Crippen LogP contribution in [-0.4, -0.2) is 21.8 Å². The van der Waals surface area contributed by atoms with Gasteiger partial charge in [-0.1, -0.05) is 48.5 Å². The lowest BCUT2D eigenvalue weighted by Crippen LogP contribution is -2.15. The molecule has 3 N–H and O–H groups in total. The molecular weight excluding hydrogens is 400 g/mol. The molecule has 2 atom stereocenters. The number of nitrogens with one attached hydrogen (secondary N) is 2. The second-order valence-corrected chi connectivity index (χ2v) is 8.43. The molecule has 5 heteroatoms. The molecule has 1 heterocycles. The monoisotopic (exact) mass is 424 g/mol. The van der Waals surface area contributed by atoms with Crippen molar-refractivity contribution >= 4 is 28.3 Å². The summed E-state index contributed by atoms with van der Waals surface area (Å²) in [5, 5.41) is 13.3. The fraction of sp³-hybridized carbons (Fsp3) is 0.185. The summed E-state index contributed by atoms with van der Waals surface area (Å²) in [6.07, 6.45) is 0.839. The minimum Gasteiger partial charge on any atom is -0.392 e. The molecule has 0 spiro atoms. The van der Waals surface area contributed by atoms with Gasteiger partial charge in [-0.3, -0.25) is 9.59 Å². The van der Waals surface area contributed by atoms with E-state index in [1.54, 1.807) is 6.07 Å². The van der Waals surface area contributed by atoms with E-state index >= 15 is 0 Å². The van der Waals surface area contributed by atoms with Gasteiger partial charge in [-0.2, -0.15) is 0 Å². The summed E-state index contributed by atoms with van der Waals surface area (Å²) in [7, 11) is 0. The number of hydrogen-bond acceptors (Lipinski definition) is 3. The third kappa shape index (κ3) is 3.83. The molecule has 1 fully saturated rings. The van der Waals surface area contributed by atoms with E-state index in [4.69, 9.17) is 0 Å². The van der Waals surface area contributed by atoms with Crippen LogP contribution in [0.2, 0.25) is 0 Å². The molecule has 160 valence electrons. The highest BCUT2D eigenvalue weighted by molar-refractivity contribution is 6.10. The predicted octanol–water partition coefficient (Wildman–Crippen LogP) is 5.27. The Hall–Kier alpha value is -3.70. The van der Waals surface area contributed by atoms with E-state index in [1.165, 1.54) is 12.5 Å². The van der Waals surface area contributed by atoms with Crippen molar-refractivity contribution < 1.29 is 14.7 Å². The highest BCUT2D eigenvalue weighted by Gasteiger charge is 2.43. The van der Waals surface area contributed by atoms with Crippen molar-refractivity contribution in [1.82, 2.24) is 4.98 Å². The minimum absolute atomic E-state index is 0.0184. The van der Waals surface area contributed by atoms with Crippen LogP contribution in [0.1, 0.15) is 40.7 Å². The Morgan fingerprint density at radius 3 is 2.59 bits per heavy atom. The molecule has 0 aliphatic heterocycles. The topological polar surface area (TPSA) is 82.2 Å². The number of aliphatic hydroxyl groups excluding tert-OH is 1. The molecular formula is C27H24N2O3. The van der Waals surface area contributed by atoms with Gasteiger partial charge in [0.05, 0.1) is 6.61 Å². The zero-order valence-corrected chi connectivity index (χ0v) is 17.8. The van der Waals surface area contributed by atoms with Gasteiger partial charge in [0.15, 0.2) is 5.78 Å². The number of rotatable bonds is 6. The predicted molar refractivity (Wildman–Crippen MR) is 126 cm³/mol. The first-order valence-electron chi connectivity index (χ1n) is 10.8. The van der Waals surface area contributed by atoms with Gasteiger partial charge in [-0.15, -0.1) is 0 Å². The van der Waals surface area contributed by atoms with Crippen LogP contribution in [-0.2, 0) is 11.4 Å². The number of benzene rings is 3.